The normalized spacial score (nSPS) is 18.9. The van der Waals surface area contributed by atoms with Gasteiger partial charge in [-0.1, -0.05) is 0 Å². The van der Waals surface area contributed by atoms with E-state index >= 15 is 0 Å². The lowest BCUT2D eigenvalue weighted by Gasteiger charge is -2.17. The van der Waals surface area contributed by atoms with Crippen LogP contribution in [0.2, 0.25) is 0 Å². The molecular weight excluding hydrogens is 352 g/mol. The van der Waals surface area contributed by atoms with Gasteiger partial charge in [-0.15, -0.1) is 0 Å². The lowest BCUT2D eigenvalue weighted by molar-refractivity contribution is 0.0764. The van der Waals surface area contributed by atoms with Crippen LogP contribution in [-0.4, -0.2) is 71.2 Å². The van der Waals surface area contributed by atoms with Crippen LogP contribution in [0.4, 0.5) is 0 Å². The average Bonchev–Trinajstić information content (AvgIpc) is 3.07. The van der Waals surface area contributed by atoms with Crippen molar-refractivity contribution in [2.45, 2.75) is 12.1 Å². The van der Waals surface area contributed by atoms with Gasteiger partial charge in [0.25, 0.3) is 11.8 Å². The summed E-state index contributed by atoms with van der Waals surface area (Å²) in [5.74, 6) is 0.158. The van der Waals surface area contributed by atoms with Gasteiger partial charge in [-0.05, 0) is 12.1 Å². The molecule has 0 radical (unpaired) electrons. The molecule has 2 atom stereocenters. The molecule has 3 rings (SSSR count). The molecule has 0 spiro atoms. The number of aromatic nitrogens is 2. The highest BCUT2D eigenvalue weighted by molar-refractivity contribution is 5.95. The standard InChI is InChI=1S/C18H20N4O5/c1-26-15-5-3-11(7-19-15)17(24)21-13-9-22(10-14(13)23)18(25)12-4-6-16(27-2)20-8-12/h3-8,13-14,23H,9-10H2,1-2H3,(H,21,24)/t13-,14-/m1/s1. The average molecular weight is 372 g/mol. The summed E-state index contributed by atoms with van der Waals surface area (Å²) in [5.41, 5.74) is 0.724. The second-order valence-electron chi connectivity index (χ2n) is 6.04. The Morgan fingerprint density at radius 1 is 1.04 bits per heavy atom. The van der Waals surface area contributed by atoms with E-state index in [1.54, 1.807) is 24.3 Å². The number of hydrogen-bond acceptors (Lipinski definition) is 7. The number of methoxy groups -OCH3 is 2. The lowest BCUT2D eigenvalue weighted by atomic mass is 10.2. The first-order valence-electron chi connectivity index (χ1n) is 8.30. The molecule has 27 heavy (non-hydrogen) atoms. The van der Waals surface area contributed by atoms with Crippen molar-refractivity contribution in [1.29, 1.82) is 0 Å². The number of likely N-dealkylation sites (tertiary alicyclic amines) is 1. The first kappa shape index (κ1) is 18.6. The number of ether oxygens (including phenoxy) is 2. The van der Waals surface area contributed by atoms with E-state index < -0.39 is 12.1 Å². The third kappa shape index (κ3) is 4.14. The van der Waals surface area contributed by atoms with Crippen LogP contribution in [0.15, 0.2) is 36.7 Å². The van der Waals surface area contributed by atoms with Gasteiger partial charge >= 0.3 is 0 Å². The number of nitrogens with one attached hydrogen (secondary N) is 1. The fraction of sp³-hybridized carbons (Fsp3) is 0.333. The quantitative estimate of drug-likeness (QED) is 0.766. The van der Waals surface area contributed by atoms with Crippen LogP contribution in [0.3, 0.4) is 0 Å². The highest BCUT2D eigenvalue weighted by atomic mass is 16.5. The molecule has 2 aromatic rings. The summed E-state index contributed by atoms with van der Waals surface area (Å²) in [6.07, 6.45) is 1.94. The molecule has 0 aromatic carbocycles. The van der Waals surface area contributed by atoms with Crippen LogP contribution >= 0.6 is 0 Å². The Bertz CT molecular complexity index is 810. The van der Waals surface area contributed by atoms with Gasteiger partial charge in [0.2, 0.25) is 11.8 Å². The molecule has 0 unspecified atom stereocenters. The Hall–Kier alpha value is -3.20. The third-order valence-corrected chi connectivity index (χ3v) is 4.29. The van der Waals surface area contributed by atoms with E-state index in [-0.39, 0.29) is 24.9 Å². The Morgan fingerprint density at radius 3 is 2.15 bits per heavy atom. The molecule has 2 amide bonds. The molecule has 9 nitrogen and oxygen atoms in total. The van der Waals surface area contributed by atoms with Crippen molar-refractivity contribution in [3.63, 3.8) is 0 Å². The minimum absolute atomic E-state index is 0.122. The predicted octanol–water partition coefficient (Wildman–Crippen LogP) is 0.109. The minimum atomic E-state index is -0.865. The van der Waals surface area contributed by atoms with Gasteiger partial charge in [0, 0.05) is 37.6 Å². The van der Waals surface area contributed by atoms with Crippen molar-refractivity contribution in [2.75, 3.05) is 27.3 Å². The molecule has 0 aliphatic carbocycles. The van der Waals surface area contributed by atoms with E-state index in [0.29, 0.717) is 22.9 Å². The molecule has 1 aliphatic rings. The predicted molar refractivity (Wildman–Crippen MR) is 94.7 cm³/mol. The number of pyridine rings is 2. The summed E-state index contributed by atoms with van der Waals surface area (Å²) in [7, 11) is 2.98. The van der Waals surface area contributed by atoms with Crippen molar-refractivity contribution < 1.29 is 24.2 Å². The number of nitrogens with zero attached hydrogens (tertiary/aromatic N) is 3. The van der Waals surface area contributed by atoms with Crippen LogP contribution < -0.4 is 14.8 Å². The number of β-amino-alcohol motifs (C(OH)–C–C–N with tert-alkyl or cyclic N) is 1. The second-order valence-corrected chi connectivity index (χ2v) is 6.04. The molecule has 2 N–H and O–H groups in total. The maximum Gasteiger partial charge on any atom is 0.255 e. The fourth-order valence-electron chi connectivity index (χ4n) is 2.79. The fourth-order valence-corrected chi connectivity index (χ4v) is 2.79. The van der Waals surface area contributed by atoms with Crippen molar-refractivity contribution in [3.8, 4) is 11.8 Å². The number of aliphatic hydroxyl groups is 1. The Kier molecular flexibility index (Phi) is 5.51. The number of amides is 2. The molecule has 142 valence electrons. The Labute approximate surface area is 155 Å². The largest absolute Gasteiger partial charge is 0.481 e. The van der Waals surface area contributed by atoms with E-state index in [0.717, 1.165) is 0 Å². The van der Waals surface area contributed by atoms with Crippen LogP contribution in [-0.2, 0) is 0 Å². The number of rotatable bonds is 5. The molecule has 3 heterocycles. The van der Waals surface area contributed by atoms with Gasteiger partial charge in [-0.25, -0.2) is 9.97 Å². The molecule has 2 aromatic heterocycles. The summed E-state index contributed by atoms with van der Waals surface area (Å²) in [6.45, 7) is 0.317. The minimum Gasteiger partial charge on any atom is -0.481 e. The summed E-state index contributed by atoms with van der Waals surface area (Å²) < 4.78 is 9.93. The van der Waals surface area contributed by atoms with Crippen molar-refractivity contribution in [3.05, 3.63) is 47.8 Å². The highest BCUT2D eigenvalue weighted by Crippen LogP contribution is 2.16. The van der Waals surface area contributed by atoms with E-state index in [4.69, 9.17) is 9.47 Å². The second kappa shape index (κ2) is 8.00. The van der Waals surface area contributed by atoms with E-state index in [1.807, 2.05) is 0 Å². The van der Waals surface area contributed by atoms with Crippen LogP contribution in [0.5, 0.6) is 11.8 Å². The molecule has 1 aliphatic heterocycles. The zero-order chi connectivity index (χ0) is 19.4. The monoisotopic (exact) mass is 372 g/mol. The maximum absolute atomic E-state index is 12.6. The topological polar surface area (TPSA) is 114 Å². The molecule has 0 saturated carbocycles. The van der Waals surface area contributed by atoms with Crippen molar-refractivity contribution in [2.24, 2.45) is 0 Å². The molecular formula is C18H20N4O5. The summed E-state index contributed by atoms with van der Waals surface area (Å²) in [5, 5.41) is 13.0. The Morgan fingerprint density at radius 2 is 1.63 bits per heavy atom. The zero-order valence-corrected chi connectivity index (χ0v) is 15.0. The number of carbonyl (C=O) groups is 2. The molecule has 1 fully saturated rings. The summed E-state index contributed by atoms with van der Waals surface area (Å²) in [6, 6.07) is 5.78. The maximum atomic E-state index is 12.6. The van der Waals surface area contributed by atoms with Crippen LogP contribution in [0.25, 0.3) is 0 Å². The van der Waals surface area contributed by atoms with Gasteiger partial charge in [0.05, 0.1) is 37.5 Å². The van der Waals surface area contributed by atoms with Crippen molar-refractivity contribution in [1.82, 2.24) is 20.2 Å². The first-order chi connectivity index (χ1) is 13.0. The number of hydrogen-bond donors (Lipinski definition) is 2. The van der Waals surface area contributed by atoms with Crippen LogP contribution in [0.1, 0.15) is 20.7 Å². The molecule has 0 bridgehead atoms. The SMILES string of the molecule is COc1ccc(C(=O)N[C@@H]2CN(C(=O)c3ccc(OC)nc3)C[C@H]2O)cn1. The molecule has 1 saturated heterocycles. The van der Waals surface area contributed by atoms with E-state index in [1.165, 1.54) is 31.5 Å². The summed E-state index contributed by atoms with van der Waals surface area (Å²) >= 11 is 0. The van der Waals surface area contributed by atoms with Gasteiger partial charge in [0.15, 0.2) is 0 Å². The smallest absolute Gasteiger partial charge is 0.255 e. The Balaban J connectivity index is 1.62. The van der Waals surface area contributed by atoms with Gasteiger partial charge in [-0.2, -0.15) is 0 Å². The lowest BCUT2D eigenvalue weighted by Crippen LogP contribution is -2.43. The van der Waals surface area contributed by atoms with E-state index in [2.05, 4.69) is 15.3 Å². The molecule has 9 heteroatoms. The highest BCUT2D eigenvalue weighted by Gasteiger charge is 2.35. The number of aliphatic hydroxyl groups excluding tert-OH is 1. The summed E-state index contributed by atoms with van der Waals surface area (Å²) in [4.78, 5) is 34.4. The van der Waals surface area contributed by atoms with Crippen molar-refractivity contribution >= 4 is 11.8 Å². The van der Waals surface area contributed by atoms with Gasteiger partial charge in [0.1, 0.15) is 0 Å². The van der Waals surface area contributed by atoms with Gasteiger partial charge in [-0.3, -0.25) is 9.59 Å². The van der Waals surface area contributed by atoms with E-state index in [9.17, 15) is 14.7 Å². The van der Waals surface area contributed by atoms with Gasteiger partial charge < -0.3 is 24.8 Å². The zero-order valence-electron chi connectivity index (χ0n) is 15.0. The number of carbonyl (C=O) groups excluding carboxylic acids is 2. The van der Waals surface area contributed by atoms with Crippen LogP contribution in [0, 0.1) is 0 Å². The first-order valence-corrected chi connectivity index (χ1v) is 8.30. The third-order valence-electron chi connectivity index (χ3n) is 4.29.